The third kappa shape index (κ3) is 2.76. The quantitative estimate of drug-likeness (QED) is 0.697. The Labute approximate surface area is 150 Å². The molecule has 2 heterocycles. The second kappa shape index (κ2) is 6.11. The summed E-state index contributed by atoms with van der Waals surface area (Å²) in [5.41, 5.74) is 3.48. The van der Waals surface area contributed by atoms with Crippen molar-refractivity contribution in [2.24, 2.45) is 0 Å². The van der Waals surface area contributed by atoms with E-state index in [9.17, 15) is 0 Å². The number of fused-ring (bicyclic) bond motifs is 1. The summed E-state index contributed by atoms with van der Waals surface area (Å²) in [5.74, 6) is 0.753. The normalized spacial score (nSPS) is 19.6. The zero-order valence-electron chi connectivity index (χ0n) is 13.1. The number of nitrogens with zero attached hydrogens (tertiary/aromatic N) is 3. The minimum atomic E-state index is 0.0137. The highest BCUT2D eigenvalue weighted by Crippen LogP contribution is 2.40. The highest BCUT2D eigenvalue weighted by Gasteiger charge is 2.31. The molecular weight excluding hydrogens is 343 g/mol. The number of aryl methyl sites for hydroxylation is 1. The second-order valence-electron chi connectivity index (χ2n) is 6.05. The Morgan fingerprint density at radius 3 is 2.67 bits per heavy atom. The molecule has 0 saturated heterocycles. The van der Waals surface area contributed by atoms with Gasteiger partial charge in [0.2, 0.25) is 5.95 Å². The fourth-order valence-electron chi connectivity index (χ4n) is 3.17. The molecule has 0 saturated carbocycles. The summed E-state index contributed by atoms with van der Waals surface area (Å²) in [5, 5.41) is 9.12. The van der Waals surface area contributed by atoms with Crippen molar-refractivity contribution in [3.8, 4) is 0 Å². The smallest absolute Gasteiger partial charge is 0.222 e. The van der Waals surface area contributed by atoms with E-state index in [0.29, 0.717) is 10.0 Å². The maximum atomic E-state index is 6.44. The van der Waals surface area contributed by atoms with Crippen LogP contribution in [0.25, 0.3) is 0 Å². The average molecular weight is 359 g/mol. The lowest BCUT2D eigenvalue weighted by atomic mass is 9.93. The molecule has 6 heteroatoms. The Morgan fingerprint density at radius 2 is 1.92 bits per heavy atom. The molecule has 1 aliphatic heterocycles. The van der Waals surface area contributed by atoms with E-state index in [-0.39, 0.29) is 12.1 Å². The first-order valence-electron chi connectivity index (χ1n) is 7.79. The first-order valence-corrected chi connectivity index (χ1v) is 8.55. The van der Waals surface area contributed by atoms with Crippen molar-refractivity contribution in [3.63, 3.8) is 0 Å². The van der Waals surface area contributed by atoms with E-state index in [1.165, 1.54) is 11.1 Å². The molecule has 1 N–H and O–H groups in total. The highest BCUT2D eigenvalue weighted by molar-refractivity contribution is 6.35. The van der Waals surface area contributed by atoms with Crippen molar-refractivity contribution in [2.45, 2.75) is 25.4 Å². The molecule has 0 spiro atoms. The summed E-state index contributed by atoms with van der Waals surface area (Å²) in [6, 6.07) is 14.3. The van der Waals surface area contributed by atoms with Gasteiger partial charge in [0.25, 0.3) is 0 Å². The maximum absolute atomic E-state index is 6.44. The van der Waals surface area contributed by atoms with Crippen LogP contribution in [0.2, 0.25) is 10.0 Å². The number of nitrogens with one attached hydrogen (secondary N) is 1. The molecule has 1 aliphatic rings. The van der Waals surface area contributed by atoms with Gasteiger partial charge in [0.1, 0.15) is 6.33 Å². The molecule has 4 nitrogen and oxygen atoms in total. The van der Waals surface area contributed by atoms with Crippen LogP contribution in [-0.2, 0) is 0 Å². The van der Waals surface area contributed by atoms with E-state index in [1.54, 1.807) is 12.4 Å². The summed E-state index contributed by atoms with van der Waals surface area (Å²) in [6.45, 7) is 2.09. The van der Waals surface area contributed by atoms with Crippen LogP contribution in [0.4, 0.5) is 5.95 Å². The van der Waals surface area contributed by atoms with Crippen molar-refractivity contribution in [3.05, 3.63) is 75.5 Å². The minimum absolute atomic E-state index is 0.0137. The van der Waals surface area contributed by atoms with E-state index < -0.39 is 0 Å². The van der Waals surface area contributed by atoms with Crippen LogP contribution in [0.1, 0.15) is 35.2 Å². The predicted octanol–water partition coefficient (Wildman–Crippen LogP) is 5.04. The first-order chi connectivity index (χ1) is 11.6. The molecule has 24 heavy (non-hydrogen) atoms. The van der Waals surface area contributed by atoms with Crippen LogP contribution in [0.5, 0.6) is 0 Å². The fraction of sp³-hybridized carbons (Fsp3) is 0.222. The van der Waals surface area contributed by atoms with Gasteiger partial charge in [0, 0.05) is 10.0 Å². The van der Waals surface area contributed by atoms with E-state index >= 15 is 0 Å². The van der Waals surface area contributed by atoms with Crippen molar-refractivity contribution in [1.82, 2.24) is 14.8 Å². The molecule has 0 radical (unpaired) electrons. The molecule has 0 fully saturated rings. The van der Waals surface area contributed by atoms with Gasteiger partial charge in [-0.1, -0.05) is 59.1 Å². The zero-order chi connectivity index (χ0) is 16.7. The summed E-state index contributed by atoms with van der Waals surface area (Å²) < 4.78 is 1.89. The Morgan fingerprint density at radius 1 is 1.12 bits per heavy atom. The van der Waals surface area contributed by atoms with Gasteiger partial charge >= 0.3 is 0 Å². The molecule has 0 bridgehead atoms. The van der Waals surface area contributed by atoms with Crippen LogP contribution in [0.15, 0.2) is 48.8 Å². The van der Waals surface area contributed by atoms with Gasteiger partial charge in [-0.3, -0.25) is 0 Å². The molecule has 4 rings (SSSR count). The Balaban J connectivity index is 1.75. The molecule has 1 aromatic heterocycles. The Kier molecular flexibility index (Phi) is 3.94. The number of hydrogen-bond acceptors (Lipinski definition) is 3. The van der Waals surface area contributed by atoms with Crippen molar-refractivity contribution < 1.29 is 0 Å². The summed E-state index contributed by atoms with van der Waals surface area (Å²) in [7, 11) is 0. The number of halogens is 2. The summed E-state index contributed by atoms with van der Waals surface area (Å²) >= 11 is 12.5. The van der Waals surface area contributed by atoms with Gasteiger partial charge in [0.15, 0.2) is 0 Å². The van der Waals surface area contributed by atoms with E-state index in [0.717, 1.165) is 17.9 Å². The monoisotopic (exact) mass is 358 g/mol. The van der Waals surface area contributed by atoms with Gasteiger partial charge in [-0.2, -0.15) is 10.1 Å². The molecular formula is C18H16Cl2N4. The summed E-state index contributed by atoms with van der Waals surface area (Å²) in [6.07, 6.45) is 2.40. The van der Waals surface area contributed by atoms with Crippen molar-refractivity contribution in [2.75, 3.05) is 5.32 Å². The Hall–Kier alpha value is -2.04. The van der Waals surface area contributed by atoms with Gasteiger partial charge in [-0.05, 0) is 36.6 Å². The predicted molar refractivity (Wildman–Crippen MR) is 96.8 cm³/mol. The Bertz CT molecular complexity index is 873. The number of aromatic nitrogens is 3. The summed E-state index contributed by atoms with van der Waals surface area (Å²) in [4.78, 5) is 4.34. The zero-order valence-corrected chi connectivity index (χ0v) is 14.6. The fourth-order valence-corrected chi connectivity index (χ4v) is 3.70. The topological polar surface area (TPSA) is 42.7 Å². The molecule has 2 aromatic carbocycles. The molecule has 0 amide bonds. The van der Waals surface area contributed by atoms with Crippen LogP contribution in [-0.4, -0.2) is 14.8 Å². The van der Waals surface area contributed by atoms with E-state index in [1.807, 2.05) is 16.8 Å². The van der Waals surface area contributed by atoms with Crippen LogP contribution < -0.4 is 5.32 Å². The third-order valence-corrected chi connectivity index (χ3v) is 4.99. The average Bonchev–Trinajstić information content (AvgIpc) is 3.03. The van der Waals surface area contributed by atoms with Gasteiger partial charge in [0.05, 0.1) is 12.1 Å². The van der Waals surface area contributed by atoms with Crippen LogP contribution in [0, 0.1) is 6.92 Å². The molecule has 0 unspecified atom stereocenters. The number of anilines is 1. The second-order valence-corrected chi connectivity index (χ2v) is 6.90. The first kappa shape index (κ1) is 15.5. The van der Waals surface area contributed by atoms with E-state index in [2.05, 4.69) is 46.6 Å². The largest absolute Gasteiger partial charge is 0.348 e. The van der Waals surface area contributed by atoms with Crippen LogP contribution in [0.3, 0.4) is 0 Å². The third-order valence-electron chi connectivity index (χ3n) is 4.43. The lowest BCUT2D eigenvalue weighted by Gasteiger charge is -2.32. The lowest BCUT2D eigenvalue weighted by molar-refractivity contribution is 0.431. The highest BCUT2D eigenvalue weighted by atomic mass is 35.5. The lowest BCUT2D eigenvalue weighted by Crippen LogP contribution is -2.28. The van der Waals surface area contributed by atoms with Crippen LogP contribution >= 0.6 is 23.2 Å². The molecule has 3 aromatic rings. The van der Waals surface area contributed by atoms with Gasteiger partial charge in [-0.25, -0.2) is 4.68 Å². The minimum Gasteiger partial charge on any atom is -0.348 e. The number of benzene rings is 2. The molecule has 0 aliphatic carbocycles. The number of hydrogen-bond donors (Lipinski definition) is 1. The number of rotatable bonds is 2. The molecule has 2 atom stereocenters. The van der Waals surface area contributed by atoms with E-state index in [4.69, 9.17) is 23.2 Å². The van der Waals surface area contributed by atoms with Crippen molar-refractivity contribution >= 4 is 29.2 Å². The SMILES string of the molecule is Cc1ccc([C@H]2C[C@H](c3ccc(Cl)cc3Cl)n3ncnc3N2)cc1. The van der Waals surface area contributed by atoms with Crippen molar-refractivity contribution in [1.29, 1.82) is 0 Å². The maximum Gasteiger partial charge on any atom is 0.222 e. The standard InChI is InChI=1S/C18H16Cl2N4/c1-11-2-4-12(5-3-11)16-9-17(24-18(23-16)21-10-22-24)14-7-6-13(19)8-15(14)20/h2-8,10,16-17H,9H2,1H3,(H,21,22,23)/t16-,17-/m1/s1. The molecule has 122 valence electrons. The van der Waals surface area contributed by atoms with Gasteiger partial charge in [-0.15, -0.1) is 0 Å². The van der Waals surface area contributed by atoms with Gasteiger partial charge < -0.3 is 5.32 Å².